The van der Waals surface area contributed by atoms with Gasteiger partial charge < -0.3 is 14.6 Å². The lowest BCUT2D eigenvalue weighted by atomic mass is 9.88. The van der Waals surface area contributed by atoms with E-state index in [4.69, 9.17) is 22.8 Å². The number of amides is 2. The molecule has 0 aliphatic heterocycles. The molecule has 0 saturated carbocycles. The Balaban J connectivity index is 1.42. The first-order valence-electron chi connectivity index (χ1n) is 11.2. The van der Waals surface area contributed by atoms with Crippen molar-refractivity contribution in [3.8, 4) is 12.3 Å². The molecular formula is C25H24ClN3O4S3. The van der Waals surface area contributed by atoms with Crippen molar-refractivity contribution in [3.63, 3.8) is 0 Å². The highest BCUT2D eigenvalue weighted by atomic mass is 35.5. The van der Waals surface area contributed by atoms with Crippen LogP contribution in [-0.2, 0) is 33.7 Å². The highest BCUT2D eigenvalue weighted by Gasteiger charge is 2.28. The number of rotatable bonds is 7. The van der Waals surface area contributed by atoms with Gasteiger partial charge in [-0.2, -0.15) is 4.99 Å². The van der Waals surface area contributed by atoms with E-state index >= 15 is 0 Å². The molecule has 1 aliphatic carbocycles. The molecule has 2 heterocycles. The van der Waals surface area contributed by atoms with Crippen molar-refractivity contribution < 1.29 is 19.1 Å². The number of benzene rings is 1. The number of fused-ring (bicyclic) bond motifs is 2. The molecule has 0 bridgehead atoms. The molecule has 7 nitrogen and oxygen atoms in total. The van der Waals surface area contributed by atoms with E-state index in [1.165, 1.54) is 29.8 Å². The van der Waals surface area contributed by atoms with Gasteiger partial charge >= 0.3 is 5.97 Å². The largest absolute Gasteiger partial charge is 0.465 e. The molecule has 1 atom stereocenters. The number of carbonyl (C=O) groups is 3. The first-order chi connectivity index (χ1) is 17.3. The number of halogens is 1. The number of hydrogen-bond donors (Lipinski definition) is 1. The third-order valence-corrected chi connectivity index (χ3v) is 9.09. The number of terminal acetylenes is 1. The molecule has 4 rings (SSSR count). The van der Waals surface area contributed by atoms with Crippen LogP contribution >= 0.6 is 46.0 Å². The zero-order chi connectivity index (χ0) is 25.8. The quantitative estimate of drug-likeness (QED) is 0.332. The second-order valence-corrected chi connectivity index (χ2v) is 11.9. The SMILES string of the molecule is C#CCn1c(=NC(=O)CSCC(=O)Nc2sc3c(c2C(=O)OC)CCC(C)C3)sc2cc(Cl)ccc21. The molecule has 1 unspecified atom stereocenters. The fourth-order valence-corrected chi connectivity index (χ4v) is 7.40. The summed E-state index contributed by atoms with van der Waals surface area (Å²) in [5.41, 5.74) is 2.29. The van der Waals surface area contributed by atoms with Crippen molar-refractivity contribution in [2.75, 3.05) is 23.9 Å². The van der Waals surface area contributed by atoms with E-state index < -0.39 is 5.97 Å². The van der Waals surface area contributed by atoms with Crippen molar-refractivity contribution in [3.05, 3.63) is 44.0 Å². The van der Waals surface area contributed by atoms with Crippen LogP contribution in [0.1, 0.15) is 34.1 Å². The van der Waals surface area contributed by atoms with E-state index in [0.717, 1.165) is 51.7 Å². The van der Waals surface area contributed by atoms with Gasteiger partial charge in [0, 0.05) is 9.90 Å². The van der Waals surface area contributed by atoms with Crippen LogP contribution in [0.15, 0.2) is 23.2 Å². The number of thioether (sulfide) groups is 1. The lowest BCUT2D eigenvalue weighted by molar-refractivity contribution is -0.115. The summed E-state index contributed by atoms with van der Waals surface area (Å²) in [6, 6.07) is 5.42. The maximum atomic E-state index is 12.6. The van der Waals surface area contributed by atoms with Crippen LogP contribution in [0.3, 0.4) is 0 Å². The number of esters is 1. The normalized spacial score (nSPS) is 15.4. The zero-order valence-corrected chi connectivity index (χ0v) is 23.0. The maximum absolute atomic E-state index is 12.6. The average Bonchev–Trinajstić information content (AvgIpc) is 3.35. The zero-order valence-electron chi connectivity index (χ0n) is 19.8. The highest BCUT2D eigenvalue weighted by Crippen LogP contribution is 2.40. The third-order valence-electron chi connectivity index (χ3n) is 5.73. The van der Waals surface area contributed by atoms with E-state index in [0.29, 0.717) is 26.3 Å². The standard InChI is InChI=1S/C25H24ClN3O4S3/c1-4-9-29-17-8-6-15(26)11-19(17)36-25(29)28-21(31)13-34-12-20(30)27-23-22(24(32)33-3)16-7-5-14(2)10-18(16)35-23/h1,6,8,11,14H,5,7,9-10,12-13H2,2-3H3,(H,27,30). The minimum Gasteiger partial charge on any atom is -0.465 e. The van der Waals surface area contributed by atoms with Crippen molar-refractivity contribution in [1.82, 2.24) is 4.57 Å². The van der Waals surface area contributed by atoms with Crippen molar-refractivity contribution in [1.29, 1.82) is 0 Å². The van der Waals surface area contributed by atoms with Gasteiger partial charge in [-0.3, -0.25) is 9.59 Å². The predicted octanol–water partition coefficient (Wildman–Crippen LogP) is 4.76. The van der Waals surface area contributed by atoms with Crippen LogP contribution in [0.4, 0.5) is 5.00 Å². The van der Waals surface area contributed by atoms with Crippen LogP contribution < -0.4 is 10.1 Å². The number of anilines is 1. The second kappa shape index (κ2) is 11.6. The van der Waals surface area contributed by atoms with Gasteiger partial charge in [-0.15, -0.1) is 29.5 Å². The second-order valence-electron chi connectivity index (χ2n) is 8.38. The Morgan fingerprint density at radius 2 is 2.14 bits per heavy atom. The number of thiophene rings is 1. The molecule has 2 aromatic heterocycles. The maximum Gasteiger partial charge on any atom is 0.341 e. The monoisotopic (exact) mass is 561 g/mol. The predicted molar refractivity (Wildman–Crippen MR) is 147 cm³/mol. The van der Waals surface area contributed by atoms with Gasteiger partial charge in [0.25, 0.3) is 5.91 Å². The number of aromatic nitrogens is 1. The summed E-state index contributed by atoms with van der Waals surface area (Å²) < 4.78 is 7.64. The van der Waals surface area contributed by atoms with Crippen LogP contribution in [0, 0.1) is 18.3 Å². The molecular weight excluding hydrogens is 538 g/mol. The van der Waals surface area contributed by atoms with E-state index in [2.05, 4.69) is 23.2 Å². The molecule has 0 saturated heterocycles. The van der Waals surface area contributed by atoms with E-state index in [-0.39, 0.29) is 29.9 Å². The van der Waals surface area contributed by atoms with Gasteiger partial charge in [0.15, 0.2) is 4.80 Å². The van der Waals surface area contributed by atoms with E-state index in [1.807, 2.05) is 12.1 Å². The molecule has 0 fully saturated rings. The fraction of sp³-hybridized carbons (Fsp3) is 0.360. The van der Waals surface area contributed by atoms with Crippen molar-refractivity contribution >= 4 is 79.0 Å². The summed E-state index contributed by atoms with van der Waals surface area (Å²) in [7, 11) is 1.34. The average molecular weight is 562 g/mol. The van der Waals surface area contributed by atoms with Gasteiger partial charge in [-0.25, -0.2) is 4.79 Å². The summed E-state index contributed by atoms with van der Waals surface area (Å²) in [5, 5.41) is 3.96. The van der Waals surface area contributed by atoms with Gasteiger partial charge in [0.05, 0.1) is 40.9 Å². The summed E-state index contributed by atoms with van der Waals surface area (Å²) in [5.74, 6) is 2.10. The Morgan fingerprint density at radius 1 is 1.33 bits per heavy atom. The Bertz CT molecular complexity index is 1450. The molecule has 2 amide bonds. The number of methoxy groups -OCH3 is 1. The van der Waals surface area contributed by atoms with Gasteiger partial charge in [0.2, 0.25) is 5.91 Å². The molecule has 0 radical (unpaired) electrons. The highest BCUT2D eigenvalue weighted by molar-refractivity contribution is 8.00. The minimum absolute atomic E-state index is 0.0286. The molecule has 36 heavy (non-hydrogen) atoms. The summed E-state index contributed by atoms with van der Waals surface area (Å²) in [4.78, 5) is 43.4. The first kappa shape index (κ1) is 26.5. The number of thiazole rings is 1. The van der Waals surface area contributed by atoms with Gasteiger partial charge in [0.1, 0.15) is 5.00 Å². The lowest BCUT2D eigenvalue weighted by Crippen LogP contribution is -2.19. The fourth-order valence-electron chi connectivity index (χ4n) is 4.07. The molecule has 11 heteroatoms. The van der Waals surface area contributed by atoms with Gasteiger partial charge in [-0.1, -0.05) is 35.8 Å². The van der Waals surface area contributed by atoms with Gasteiger partial charge in [-0.05, 0) is 48.9 Å². The number of hydrogen-bond acceptors (Lipinski definition) is 7. The Kier molecular flexibility index (Phi) is 8.57. The van der Waals surface area contributed by atoms with Crippen molar-refractivity contribution in [2.24, 2.45) is 10.9 Å². The van der Waals surface area contributed by atoms with Crippen LogP contribution in [0.2, 0.25) is 5.02 Å². The first-order valence-corrected chi connectivity index (χ1v) is 14.4. The molecule has 0 spiro atoms. The van der Waals surface area contributed by atoms with Crippen molar-refractivity contribution in [2.45, 2.75) is 32.7 Å². The van der Waals surface area contributed by atoms with Crippen LogP contribution in [-0.4, -0.2) is 41.0 Å². The number of ether oxygens (including phenoxy) is 1. The Hall–Kier alpha value is -2.58. The van der Waals surface area contributed by atoms with Crippen LogP contribution in [0.5, 0.6) is 0 Å². The Morgan fingerprint density at radius 3 is 2.89 bits per heavy atom. The molecule has 188 valence electrons. The van der Waals surface area contributed by atoms with E-state index in [1.54, 1.807) is 10.6 Å². The third kappa shape index (κ3) is 5.86. The Labute approximate surface area is 225 Å². The summed E-state index contributed by atoms with van der Waals surface area (Å²) in [6.07, 6.45) is 8.17. The molecule has 3 aromatic rings. The number of nitrogens with one attached hydrogen (secondary N) is 1. The molecule has 1 aromatic carbocycles. The smallest absolute Gasteiger partial charge is 0.341 e. The number of nitrogens with zero attached hydrogens (tertiary/aromatic N) is 2. The topological polar surface area (TPSA) is 89.8 Å². The summed E-state index contributed by atoms with van der Waals surface area (Å²) >= 11 is 10.0. The molecule has 1 aliphatic rings. The van der Waals surface area contributed by atoms with Crippen LogP contribution in [0.25, 0.3) is 10.2 Å². The van der Waals surface area contributed by atoms with E-state index in [9.17, 15) is 14.4 Å². The summed E-state index contributed by atoms with van der Waals surface area (Å²) in [6.45, 7) is 2.45. The lowest BCUT2D eigenvalue weighted by Gasteiger charge is -2.18. The minimum atomic E-state index is -0.441. The molecule has 1 N–H and O–H groups in total. The number of carbonyl (C=O) groups excluding carboxylic acids is 3.